The second-order valence-electron chi connectivity index (χ2n) is 5.12. The van der Waals surface area contributed by atoms with Crippen molar-refractivity contribution in [2.45, 2.75) is 18.1 Å². The first-order valence-electron chi connectivity index (χ1n) is 6.66. The molecule has 1 aliphatic rings. The summed E-state index contributed by atoms with van der Waals surface area (Å²) < 4.78 is 23.7. The third-order valence-electron chi connectivity index (χ3n) is 3.77. The number of nitrogens with one attached hydrogen (secondary N) is 1. The number of nitrogens with two attached hydrogens (primary N) is 1. The molecule has 3 N–H and O–H groups in total. The molecule has 1 aliphatic heterocycles. The smallest absolute Gasteiger partial charge is 0.154 e. The Balaban J connectivity index is 1.89. The van der Waals surface area contributed by atoms with E-state index in [2.05, 4.69) is 10.3 Å². The van der Waals surface area contributed by atoms with Gasteiger partial charge >= 0.3 is 0 Å². The van der Waals surface area contributed by atoms with E-state index < -0.39 is 9.84 Å². The summed E-state index contributed by atoms with van der Waals surface area (Å²) in [5, 5.41) is 3.82. The van der Waals surface area contributed by atoms with Gasteiger partial charge in [-0.3, -0.25) is 4.98 Å². The van der Waals surface area contributed by atoms with E-state index in [0.29, 0.717) is 18.0 Å². The number of rotatable bonds is 3. The second-order valence-corrected chi connectivity index (χ2v) is 7.52. The molecule has 0 aliphatic carbocycles. The zero-order valence-corrected chi connectivity index (χ0v) is 11.9. The maximum absolute atomic E-state index is 11.8. The van der Waals surface area contributed by atoms with Gasteiger partial charge in [0.25, 0.3) is 0 Å². The van der Waals surface area contributed by atoms with Gasteiger partial charge in [-0.25, -0.2) is 8.42 Å². The average molecular weight is 291 g/mol. The van der Waals surface area contributed by atoms with Crippen molar-refractivity contribution in [1.82, 2.24) is 4.98 Å². The molecule has 1 aromatic heterocycles. The molecule has 5 nitrogen and oxygen atoms in total. The van der Waals surface area contributed by atoms with Gasteiger partial charge in [0.05, 0.1) is 34.1 Å². The molecule has 1 unspecified atom stereocenters. The van der Waals surface area contributed by atoms with E-state index in [9.17, 15) is 8.42 Å². The molecular weight excluding hydrogens is 274 g/mol. The summed E-state index contributed by atoms with van der Waals surface area (Å²) >= 11 is 0. The lowest BCUT2D eigenvalue weighted by Gasteiger charge is -2.15. The van der Waals surface area contributed by atoms with Crippen LogP contribution in [0.5, 0.6) is 0 Å². The van der Waals surface area contributed by atoms with E-state index in [1.807, 2.05) is 24.3 Å². The predicted octanol–water partition coefficient (Wildman–Crippen LogP) is 1.81. The standard InChI is InChI=1S/C14H17N3O2S/c15-12-9-16-13-6-2-1-5-11(13)14(12)17-8-10-4-3-7-20(10,18)19/h1-2,5-6,9-10H,3-4,7-8,15H2,(H,16,17). The van der Waals surface area contributed by atoms with Crippen molar-refractivity contribution in [3.8, 4) is 0 Å². The average Bonchev–Trinajstić information content (AvgIpc) is 2.77. The minimum Gasteiger partial charge on any atom is -0.396 e. The molecule has 1 atom stereocenters. The fraction of sp³-hybridized carbons (Fsp3) is 0.357. The predicted molar refractivity (Wildman–Crippen MR) is 81.5 cm³/mol. The van der Waals surface area contributed by atoms with Crippen LogP contribution in [0.15, 0.2) is 30.5 Å². The number of anilines is 2. The third-order valence-corrected chi connectivity index (χ3v) is 6.05. The summed E-state index contributed by atoms with van der Waals surface area (Å²) in [4.78, 5) is 4.27. The Morgan fingerprint density at radius 2 is 2.15 bits per heavy atom. The van der Waals surface area contributed by atoms with Crippen LogP contribution in [0.3, 0.4) is 0 Å². The largest absolute Gasteiger partial charge is 0.396 e. The molecular formula is C14H17N3O2S. The van der Waals surface area contributed by atoms with E-state index in [-0.39, 0.29) is 5.25 Å². The van der Waals surface area contributed by atoms with Crippen LogP contribution in [0.4, 0.5) is 11.4 Å². The van der Waals surface area contributed by atoms with Crippen molar-refractivity contribution in [3.63, 3.8) is 0 Å². The number of hydrogen-bond donors (Lipinski definition) is 2. The maximum atomic E-state index is 11.8. The highest BCUT2D eigenvalue weighted by Crippen LogP contribution is 2.28. The number of aromatic nitrogens is 1. The minimum absolute atomic E-state index is 0.298. The Bertz CT molecular complexity index is 743. The van der Waals surface area contributed by atoms with E-state index in [4.69, 9.17) is 5.73 Å². The fourth-order valence-electron chi connectivity index (χ4n) is 2.66. The highest BCUT2D eigenvalue weighted by Gasteiger charge is 2.31. The van der Waals surface area contributed by atoms with Crippen molar-refractivity contribution in [2.75, 3.05) is 23.3 Å². The number of fused-ring (bicyclic) bond motifs is 1. The number of sulfone groups is 1. The lowest BCUT2D eigenvalue weighted by molar-refractivity contribution is 0.591. The van der Waals surface area contributed by atoms with E-state index in [1.165, 1.54) is 0 Å². The van der Waals surface area contributed by atoms with E-state index in [0.717, 1.165) is 29.4 Å². The summed E-state index contributed by atoms with van der Waals surface area (Å²) in [7, 11) is -2.94. The van der Waals surface area contributed by atoms with Crippen LogP contribution in [0.1, 0.15) is 12.8 Å². The first-order chi connectivity index (χ1) is 9.58. The minimum atomic E-state index is -2.94. The van der Waals surface area contributed by atoms with Crippen LogP contribution in [0.2, 0.25) is 0 Å². The molecule has 1 fully saturated rings. The Kier molecular flexibility index (Phi) is 3.25. The highest BCUT2D eigenvalue weighted by atomic mass is 32.2. The zero-order chi connectivity index (χ0) is 14.2. The molecule has 20 heavy (non-hydrogen) atoms. The lowest BCUT2D eigenvalue weighted by Crippen LogP contribution is -2.25. The van der Waals surface area contributed by atoms with Gasteiger partial charge in [-0.2, -0.15) is 0 Å². The quantitative estimate of drug-likeness (QED) is 0.900. The van der Waals surface area contributed by atoms with Crippen LogP contribution in [-0.4, -0.2) is 30.9 Å². The molecule has 1 aromatic carbocycles. The van der Waals surface area contributed by atoms with Gasteiger partial charge in [0, 0.05) is 11.9 Å². The Morgan fingerprint density at radius 3 is 2.90 bits per heavy atom. The van der Waals surface area contributed by atoms with E-state index >= 15 is 0 Å². The van der Waals surface area contributed by atoms with Gasteiger partial charge in [-0.1, -0.05) is 18.2 Å². The molecule has 0 bridgehead atoms. The number of nitrogens with zero attached hydrogens (tertiary/aromatic N) is 1. The zero-order valence-electron chi connectivity index (χ0n) is 11.0. The molecule has 0 radical (unpaired) electrons. The van der Waals surface area contributed by atoms with Crippen molar-refractivity contribution in [2.24, 2.45) is 0 Å². The molecule has 0 spiro atoms. The van der Waals surface area contributed by atoms with Gasteiger partial charge in [-0.15, -0.1) is 0 Å². The van der Waals surface area contributed by atoms with Crippen LogP contribution in [0, 0.1) is 0 Å². The van der Waals surface area contributed by atoms with Crippen LogP contribution in [-0.2, 0) is 9.84 Å². The van der Waals surface area contributed by atoms with Crippen molar-refractivity contribution < 1.29 is 8.42 Å². The van der Waals surface area contributed by atoms with Gasteiger partial charge in [0.15, 0.2) is 9.84 Å². The van der Waals surface area contributed by atoms with Crippen molar-refractivity contribution >= 4 is 32.1 Å². The summed E-state index contributed by atoms with van der Waals surface area (Å²) in [6.07, 6.45) is 3.08. The Hall–Kier alpha value is -1.82. The molecule has 1 saturated heterocycles. The monoisotopic (exact) mass is 291 g/mol. The van der Waals surface area contributed by atoms with E-state index in [1.54, 1.807) is 6.20 Å². The SMILES string of the molecule is Nc1cnc2ccccc2c1NCC1CCCS1(=O)=O. The summed E-state index contributed by atoms with van der Waals surface area (Å²) in [6.45, 7) is 0.403. The molecule has 2 heterocycles. The molecule has 0 amide bonds. The number of para-hydroxylation sites is 1. The lowest BCUT2D eigenvalue weighted by atomic mass is 10.1. The third kappa shape index (κ3) is 2.31. The first kappa shape index (κ1) is 13.2. The van der Waals surface area contributed by atoms with Gasteiger partial charge in [0.2, 0.25) is 0 Å². The summed E-state index contributed by atoms with van der Waals surface area (Å²) in [6, 6.07) is 7.67. The van der Waals surface area contributed by atoms with Crippen LogP contribution in [0.25, 0.3) is 10.9 Å². The highest BCUT2D eigenvalue weighted by molar-refractivity contribution is 7.92. The number of nitrogen functional groups attached to an aromatic ring is 1. The number of benzene rings is 1. The van der Waals surface area contributed by atoms with Gasteiger partial charge in [0.1, 0.15) is 0 Å². The molecule has 0 saturated carbocycles. The van der Waals surface area contributed by atoms with Gasteiger partial charge < -0.3 is 11.1 Å². The molecule has 3 rings (SSSR count). The normalized spacial score (nSPS) is 21.1. The number of pyridine rings is 1. The van der Waals surface area contributed by atoms with Crippen LogP contribution < -0.4 is 11.1 Å². The molecule has 2 aromatic rings. The topological polar surface area (TPSA) is 85.1 Å². The summed E-state index contributed by atoms with van der Waals surface area (Å²) in [5.41, 5.74) is 8.13. The maximum Gasteiger partial charge on any atom is 0.154 e. The fourth-order valence-corrected chi connectivity index (χ4v) is 4.42. The Morgan fingerprint density at radius 1 is 1.35 bits per heavy atom. The molecule has 6 heteroatoms. The van der Waals surface area contributed by atoms with Gasteiger partial charge in [-0.05, 0) is 18.9 Å². The van der Waals surface area contributed by atoms with Crippen LogP contribution >= 0.6 is 0 Å². The molecule has 106 valence electrons. The Labute approximate surface area is 118 Å². The first-order valence-corrected chi connectivity index (χ1v) is 8.38. The number of hydrogen-bond acceptors (Lipinski definition) is 5. The van der Waals surface area contributed by atoms with Crippen molar-refractivity contribution in [3.05, 3.63) is 30.5 Å². The second kappa shape index (κ2) is 4.94. The summed E-state index contributed by atoms with van der Waals surface area (Å²) in [5.74, 6) is 0.298. The van der Waals surface area contributed by atoms with Crippen molar-refractivity contribution in [1.29, 1.82) is 0 Å².